The van der Waals surface area contributed by atoms with E-state index >= 15 is 0 Å². The summed E-state index contributed by atoms with van der Waals surface area (Å²) in [4.78, 5) is 5.62. The molecule has 0 amide bonds. The van der Waals surface area contributed by atoms with E-state index in [1.807, 2.05) is 12.1 Å². The van der Waals surface area contributed by atoms with Crippen LogP contribution in [0.2, 0.25) is 0 Å². The first-order chi connectivity index (χ1) is 7.09. The van der Waals surface area contributed by atoms with E-state index in [-0.39, 0.29) is 6.04 Å². The quantitative estimate of drug-likeness (QED) is 0.631. The Balaban J connectivity index is 2.23. The van der Waals surface area contributed by atoms with Crippen LogP contribution in [0.25, 0.3) is 0 Å². The van der Waals surface area contributed by atoms with Gasteiger partial charge in [-0.05, 0) is 38.0 Å². The minimum atomic E-state index is -1.99. The molecule has 2 heteroatoms. The summed E-state index contributed by atoms with van der Waals surface area (Å²) in [5.41, 5.74) is 1.01. The van der Waals surface area contributed by atoms with Crippen LogP contribution < -0.4 is 0 Å². The van der Waals surface area contributed by atoms with Crippen LogP contribution in [0, 0.1) is 0 Å². The predicted molar refractivity (Wildman–Crippen MR) is 48.8 cm³/mol. The van der Waals surface area contributed by atoms with E-state index in [4.69, 9.17) is 4.11 Å². The molecule has 0 aliphatic carbocycles. The smallest absolute Gasteiger partial charge is 0.0394 e. The topological polar surface area (TPSA) is 16.1 Å². The number of hydrogen-bond acceptors (Lipinski definition) is 2. The zero-order chi connectivity index (χ0) is 10.9. The first-order valence-electron chi connectivity index (χ1n) is 5.76. The molecule has 0 aromatic carbocycles. The lowest BCUT2D eigenvalue weighted by Crippen LogP contribution is -2.17. The number of rotatable bonds is 1. The van der Waals surface area contributed by atoms with Crippen molar-refractivity contribution in [1.29, 1.82) is 0 Å². The second-order valence-electron chi connectivity index (χ2n) is 3.14. The third-order valence-corrected chi connectivity index (χ3v) is 2.32. The lowest BCUT2D eigenvalue weighted by Gasteiger charge is -2.18. The highest BCUT2D eigenvalue weighted by molar-refractivity contribution is 5.14. The first-order valence-corrected chi connectivity index (χ1v) is 4.26. The van der Waals surface area contributed by atoms with Gasteiger partial charge in [0.05, 0.1) is 0 Å². The minimum Gasteiger partial charge on any atom is -0.299 e. The van der Waals surface area contributed by atoms with Crippen molar-refractivity contribution in [3.8, 4) is 0 Å². The molecule has 2 rings (SSSR count). The molecule has 0 saturated carbocycles. The summed E-state index contributed by atoms with van der Waals surface area (Å²) in [5.74, 6) is 0. The van der Waals surface area contributed by atoms with Gasteiger partial charge in [0.15, 0.2) is 0 Å². The Morgan fingerprint density at radius 1 is 1.75 bits per heavy atom. The fourth-order valence-corrected chi connectivity index (χ4v) is 1.69. The summed E-state index contributed by atoms with van der Waals surface area (Å²) in [5, 5.41) is 0. The molecule has 64 valence electrons. The molecular formula is C10H14N2. The molecule has 0 N–H and O–H groups in total. The normalized spacial score (nSPS) is 29.3. The minimum absolute atomic E-state index is 0.00574. The molecule has 1 aromatic rings. The molecule has 1 aliphatic rings. The van der Waals surface area contributed by atoms with Crippen molar-refractivity contribution in [2.45, 2.75) is 18.9 Å². The van der Waals surface area contributed by atoms with E-state index < -0.39 is 6.98 Å². The highest BCUT2D eigenvalue weighted by Crippen LogP contribution is 2.29. The van der Waals surface area contributed by atoms with Gasteiger partial charge in [0.1, 0.15) is 0 Å². The number of nitrogens with zero attached hydrogens (tertiary/aromatic N) is 2. The van der Waals surface area contributed by atoms with Crippen molar-refractivity contribution < 1.29 is 4.11 Å². The second kappa shape index (κ2) is 3.23. The average Bonchev–Trinajstić information content (AvgIpc) is 2.67. The van der Waals surface area contributed by atoms with Crippen LogP contribution in [0.3, 0.4) is 0 Å². The standard InChI is InChI=1S/C10H14N2/c1-12-7-3-5-10(12)9-4-2-6-11-8-9/h2,4,6,8,10H,3,5,7H2,1H3/t10-/m0/s1/i1D3. The van der Waals surface area contributed by atoms with Crippen LogP contribution in [0.5, 0.6) is 0 Å². The van der Waals surface area contributed by atoms with Crippen LogP contribution in [-0.4, -0.2) is 23.4 Å². The van der Waals surface area contributed by atoms with Gasteiger partial charge in [-0.2, -0.15) is 0 Å². The van der Waals surface area contributed by atoms with Gasteiger partial charge in [0.25, 0.3) is 0 Å². The largest absolute Gasteiger partial charge is 0.299 e. The highest BCUT2D eigenvalue weighted by atomic mass is 15.1. The Morgan fingerprint density at radius 3 is 3.50 bits per heavy atom. The summed E-state index contributed by atoms with van der Waals surface area (Å²) < 4.78 is 22.3. The van der Waals surface area contributed by atoms with Crippen molar-refractivity contribution in [3.05, 3.63) is 30.1 Å². The van der Waals surface area contributed by atoms with Gasteiger partial charge in [-0.1, -0.05) is 6.07 Å². The number of hydrogen-bond donors (Lipinski definition) is 0. The van der Waals surface area contributed by atoms with Crippen molar-refractivity contribution >= 4 is 0 Å². The van der Waals surface area contributed by atoms with E-state index in [1.165, 1.54) is 0 Å². The molecular weight excluding hydrogens is 148 g/mol. The molecule has 0 unspecified atom stereocenters. The fraction of sp³-hybridized carbons (Fsp3) is 0.500. The van der Waals surface area contributed by atoms with Gasteiger partial charge in [-0.15, -0.1) is 0 Å². The van der Waals surface area contributed by atoms with Crippen molar-refractivity contribution in [3.63, 3.8) is 0 Å². The van der Waals surface area contributed by atoms with Crippen LogP contribution in [0.15, 0.2) is 24.5 Å². The Morgan fingerprint density at radius 2 is 2.75 bits per heavy atom. The molecule has 0 bridgehead atoms. The zero-order valence-electron chi connectivity index (χ0n) is 9.90. The molecule has 1 aliphatic heterocycles. The van der Waals surface area contributed by atoms with E-state index in [0.717, 1.165) is 18.4 Å². The van der Waals surface area contributed by atoms with Crippen LogP contribution in [0.4, 0.5) is 0 Å². The maximum Gasteiger partial charge on any atom is 0.0394 e. The molecule has 0 spiro atoms. The Kier molecular flexibility index (Phi) is 1.34. The summed E-state index contributed by atoms with van der Waals surface area (Å²) in [7, 11) is 0. The van der Waals surface area contributed by atoms with Crippen molar-refractivity contribution in [1.82, 2.24) is 9.88 Å². The molecule has 2 heterocycles. The lowest BCUT2D eigenvalue weighted by molar-refractivity contribution is 0.317. The Labute approximate surface area is 77.4 Å². The van der Waals surface area contributed by atoms with Crippen LogP contribution in [-0.2, 0) is 0 Å². The van der Waals surface area contributed by atoms with Crippen LogP contribution in [0.1, 0.15) is 28.6 Å². The van der Waals surface area contributed by atoms with Gasteiger partial charge >= 0.3 is 0 Å². The second-order valence-corrected chi connectivity index (χ2v) is 3.14. The molecule has 1 atom stereocenters. The van der Waals surface area contributed by atoms with Crippen molar-refractivity contribution in [2.75, 3.05) is 13.5 Å². The maximum atomic E-state index is 7.45. The average molecular weight is 165 g/mol. The van der Waals surface area contributed by atoms with Crippen molar-refractivity contribution in [2.24, 2.45) is 0 Å². The molecule has 1 aromatic heterocycles. The SMILES string of the molecule is [2H]C([2H])([2H])N1CCC[C@H]1c1cccnc1. The first kappa shape index (κ1) is 4.97. The summed E-state index contributed by atoms with van der Waals surface area (Å²) in [6, 6.07) is 3.80. The number of aromatic nitrogens is 1. The van der Waals surface area contributed by atoms with Gasteiger partial charge in [-0.25, -0.2) is 0 Å². The highest BCUT2D eigenvalue weighted by Gasteiger charge is 2.21. The van der Waals surface area contributed by atoms with E-state index in [0.29, 0.717) is 6.54 Å². The van der Waals surface area contributed by atoms with Gasteiger partial charge in [0.2, 0.25) is 0 Å². The van der Waals surface area contributed by atoms with Gasteiger partial charge in [-0.3, -0.25) is 9.88 Å². The number of likely N-dealkylation sites (tertiary alicyclic amines) is 1. The molecule has 0 radical (unpaired) electrons. The summed E-state index contributed by atoms with van der Waals surface area (Å²) >= 11 is 0. The molecule has 12 heavy (non-hydrogen) atoms. The Bertz CT molecular complexity index is 323. The lowest BCUT2D eigenvalue weighted by atomic mass is 10.1. The monoisotopic (exact) mass is 165 g/mol. The van der Waals surface area contributed by atoms with E-state index in [2.05, 4.69) is 4.98 Å². The molecule has 2 nitrogen and oxygen atoms in total. The fourth-order valence-electron chi connectivity index (χ4n) is 1.69. The molecule has 1 saturated heterocycles. The Hall–Kier alpha value is -0.890. The zero-order valence-corrected chi connectivity index (χ0v) is 6.90. The van der Waals surface area contributed by atoms with E-state index in [1.54, 1.807) is 17.3 Å². The predicted octanol–water partition coefficient (Wildman–Crippen LogP) is 1.85. The van der Waals surface area contributed by atoms with Crippen LogP contribution >= 0.6 is 0 Å². The van der Waals surface area contributed by atoms with E-state index in [9.17, 15) is 0 Å². The van der Waals surface area contributed by atoms with Gasteiger partial charge in [0, 0.05) is 22.5 Å². The number of pyridine rings is 1. The third kappa shape index (κ3) is 1.34. The summed E-state index contributed by atoms with van der Waals surface area (Å²) in [6.45, 7) is -1.34. The maximum absolute atomic E-state index is 7.45. The summed E-state index contributed by atoms with van der Waals surface area (Å²) in [6.07, 6.45) is 5.31. The third-order valence-electron chi connectivity index (χ3n) is 2.32. The molecule has 1 fully saturated rings. The van der Waals surface area contributed by atoms with Gasteiger partial charge < -0.3 is 0 Å².